The van der Waals surface area contributed by atoms with Crippen LogP contribution < -0.4 is 16.1 Å². The number of unbranched alkanes of at least 4 members (excludes halogenated alkanes) is 1. The zero-order valence-corrected chi connectivity index (χ0v) is 16.4. The van der Waals surface area contributed by atoms with Gasteiger partial charge in [0.15, 0.2) is 0 Å². The lowest BCUT2D eigenvalue weighted by molar-refractivity contribution is -0.129. The predicted molar refractivity (Wildman–Crippen MR) is 105 cm³/mol. The summed E-state index contributed by atoms with van der Waals surface area (Å²) in [5.41, 5.74) is 2.56. The quantitative estimate of drug-likeness (QED) is 0.152. The molecule has 158 valence electrons. The van der Waals surface area contributed by atoms with Crippen LogP contribution in [0.3, 0.4) is 0 Å². The maximum Gasteiger partial charge on any atom is 0.251 e. The molecule has 9 heteroatoms. The van der Waals surface area contributed by atoms with Gasteiger partial charge in [-0.05, 0) is 43.5 Å². The van der Waals surface area contributed by atoms with E-state index < -0.39 is 23.8 Å². The molecule has 1 aromatic rings. The number of hydrogen-bond donors (Lipinski definition) is 5. The van der Waals surface area contributed by atoms with Gasteiger partial charge in [0.05, 0.1) is 0 Å². The molecule has 0 spiro atoms. The monoisotopic (exact) mass is 405 g/mol. The van der Waals surface area contributed by atoms with Crippen molar-refractivity contribution in [2.75, 3.05) is 26.9 Å². The third-order valence-corrected chi connectivity index (χ3v) is 3.89. The zero-order valence-electron chi connectivity index (χ0n) is 16.4. The van der Waals surface area contributed by atoms with Gasteiger partial charge in [-0.25, -0.2) is 5.48 Å². The summed E-state index contributed by atoms with van der Waals surface area (Å²) in [7, 11) is 1.55. The molecule has 0 aromatic heterocycles. The molecule has 0 aliphatic carbocycles. The van der Waals surface area contributed by atoms with Crippen LogP contribution in [0.5, 0.6) is 0 Å². The van der Waals surface area contributed by atoms with E-state index in [9.17, 15) is 14.4 Å². The summed E-state index contributed by atoms with van der Waals surface area (Å²) in [6.45, 7) is 0.671. The van der Waals surface area contributed by atoms with Gasteiger partial charge >= 0.3 is 0 Å². The summed E-state index contributed by atoms with van der Waals surface area (Å²) >= 11 is 0. The van der Waals surface area contributed by atoms with Gasteiger partial charge in [-0.1, -0.05) is 11.8 Å². The third kappa shape index (κ3) is 9.71. The maximum atomic E-state index is 12.5. The normalized spacial score (nSPS) is 11.0. The van der Waals surface area contributed by atoms with E-state index in [1.807, 2.05) is 0 Å². The fraction of sp³-hybridized carbons (Fsp3) is 0.450. The summed E-state index contributed by atoms with van der Waals surface area (Å²) in [6, 6.07) is 5.59. The molecule has 0 radical (unpaired) electrons. The van der Waals surface area contributed by atoms with E-state index in [2.05, 4.69) is 22.5 Å². The molecule has 1 aromatic carbocycles. The molecule has 0 saturated heterocycles. The number of hydrogen-bond acceptors (Lipinski definition) is 6. The highest BCUT2D eigenvalue weighted by molar-refractivity contribution is 5.97. The average molecular weight is 405 g/mol. The van der Waals surface area contributed by atoms with E-state index in [0.29, 0.717) is 31.6 Å². The Kier molecular flexibility index (Phi) is 11.7. The lowest BCUT2D eigenvalue weighted by Gasteiger charge is -2.18. The lowest BCUT2D eigenvalue weighted by Crippen LogP contribution is -2.47. The molecule has 1 rings (SSSR count). The van der Waals surface area contributed by atoms with Crippen molar-refractivity contribution in [3.05, 3.63) is 35.4 Å². The number of rotatable bonds is 11. The minimum atomic E-state index is -0.949. The molecule has 1 atom stereocenters. The minimum absolute atomic E-state index is 0.0184. The smallest absolute Gasteiger partial charge is 0.251 e. The van der Waals surface area contributed by atoms with E-state index in [-0.39, 0.29) is 19.4 Å². The summed E-state index contributed by atoms with van der Waals surface area (Å²) < 4.78 is 4.85. The maximum absolute atomic E-state index is 12.5. The van der Waals surface area contributed by atoms with Gasteiger partial charge in [-0.3, -0.25) is 19.6 Å². The highest BCUT2D eigenvalue weighted by Gasteiger charge is 2.22. The Morgan fingerprint density at radius 3 is 2.52 bits per heavy atom. The van der Waals surface area contributed by atoms with Crippen LogP contribution in [0.25, 0.3) is 0 Å². The molecule has 3 amide bonds. The Balaban J connectivity index is 2.74. The number of carbonyl (C=O) groups is 3. The van der Waals surface area contributed by atoms with Gasteiger partial charge in [0.1, 0.15) is 12.6 Å². The van der Waals surface area contributed by atoms with Gasteiger partial charge in [-0.15, -0.1) is 0 Å². The Morgan fingerprint density at radius 1 is 1.17 bits per heavy atom. The summed E-state index contributed by atoms with van der Waals surface area (Å²) in [5, 5.41) is 22.7. The van der Waals surface area contributed by atoms with Crippen LogP contribution in [0.2, 0.25) is 0 Å². The van der Waals surface area contributed by atoms with Crippen molar-refractivity contribution < 1.29 is 29.4 Å². The van der Waals surface area contributed by atoms with Crippen molar-refractivity contribution in [3.63, 3.8) is 0 Å². The largest absolute Gasteiger partial charge is 0.396 e. The fourth-order valence-corrected chi connectivity index (χ4v) is 2.33. The number of ether oxygens (including phenoxy) is 1. The number of nitrogens with one attached hydrogen (secondary N) is 3. The molecule has 0 aliphatic heterocycles. The number of hydroxylamine groups is 1. The first-order chi connectivity index (χ1) is 14.0. The Morgan fingerprint density at radius 2 is 1.90 bits per heavy atom. The molecular weight excluding hydrogens is 378 g/mol. The molecule has 0 bridgehead atoms. The number of aliphatic hydroxyl groups excluding tert-OH is 1. The minimum Gasteiger partial charge on any atom is -0.396 e. The topological polar surface area (TPSA) is 137 Å². The second-order valence-electron chi connectivity index (χ2n) is 6.13. The molecule has 0 heterocycles. The van der Waals surface area contributed by atoms with Gasteiger partial charge in [0.25, 0.3) is 5.91 Å². The molecule has 0 aliphatic rings. The van der Waals surface area contributed by atoms with Crippen LogP contribution in [0.15, 0.2) is 24.3 Å². The van der Waals surface area contributed by atoms with E-state index in [4.69, 9.17) is 15.1 Å². The van der Waals surface area contributed by atoms with Gasteiger partial charge < -0.3 is 20.5 Å². The number of aliphatic hydroxyl groups is 1. The molecule has 0 fully saturated rings. The average Bonchev–Trinajstić information content (AvgIpc) is 2.74. The predicted octanol–water partition coefficient (Wildman–Crippen LogP) is -0.0428. The van der Waals surface area contributed by atoms with Gasteiger partial charge in [0.2, 0.25) is 11.8 Å². The van der Waals surface area contributed by atoms with Crippen molar-refractivity contribution in [2.45, 2.75) is 31.7 Å². The second kappa shape index (κ2) is 14.1. The number of amides is 3. The Hall–Kier alpha value is -2.93. The molecule has 0 saturated carbocycles. The fourth-order valence-electron chi connectivity index (χ4n) is 2.33. The molecule has 29 heavy (non-hydrogen) atoms. The molecule has 9 nitrogen and oxygen atoms in total. The van der Waals surface area contributed by atoms with Crippen LogP contribution in [-0.4, -0.2) is 60.9 Å². The third-order valence-electron chi connectivity index (χ3n) is 3.89. The van der Waals surface area contributed by atoms with E-state index >= 15 is 0 Å². The number of benzene rings is 1. The first kappa shape index (κ1) is 24.1. The van der Waals surface area contributed by atoms with Crippen molar-refractivity contribution in [2.24, 2.45) is 0 Å². The van der Waals surface area contributed by atoms with Crippen molar-refractivity contribution in [1.82, 2.24) is 16.1 Å². The number of carbonyl (C=O) groups excluding carboxylic acids is 3. The first-order valence-corrected chi connectivity index (χ1v) is 9.22. The first-order valence-electron chi connectivity index (χ1n) is 9.22. The highest BCUT2D eigenvalue weighted by Crippen LogP contribution is 2.06. The van der Waals surface area contributed by atoms with E-state index in [1.165, 1.54) is 5.48 Å². The van der Waals surface area contributed by atoms with Crippen LogP contribution in [-0.2, 0) is 14.3 Å². The van der Waals surface area contributed by atoms with Crippen LogP contribution in [0.4, 0.5) is 0 Å². The van der Waals surface area contributed by atoms with Crippen LogP contribution in [0.1, 0.15) is 41.6 Å². The Bertz CT molecular complexity index is 724. The van der Waals surface area contributed by atoms with E-state index in [1.54, 1.807) is 31.4 Å². The number of methoxy groups -OCH3 is 1. The lowest BCUT2D eigenvalue weighted by atomic mass is 10.1. The van der Waals surface area contributed by atoms with Crippen molar-refractivity contribution in [3.8, 4) is 11.8 Å². The summed E-state index contributed by atoms with van der Waals surface area (Å²) in [4.78, 5) is 36.1. The molecular formula is C20H27N3O6. The van der Waals surface area contributed by atoms with Gasteiger partial charge in [0, 0.05) is 37.8 Å². The summed E-state index contributed by atoms with van der Waals surface area (Å²) in [5.74, 6) is 4.13. The highest BCUT2D eigenvalue weighted by atomic mass is 16.5. The van der Waals surface area contributed by atoms with Crippen LogP contribution >= 0.6 is 0 Å². The van der Waals surface area contributed by atoms with Crippen molar-refractivity contribution >= 4 is 17.7 Å². The van der Waals surface area contributed by atoms with Gasteiger partial charge in [-0.2, -0.15) is 0 Å². The second-order valence-corrected chi connectivity index (χ2v) is 6.13. The summed E-state index contributed by atoms with van der Waals surface area (Å²) in [6.07, 6.45) is 1.01. The SMILES string of the molecule is COCC#Cc1ccc(C(=O)N[C@@H](CCC(=O)NO)C(=O)NCCCCO)cc1. The standard InChI is InChI=1S/C20H27N3O6/c1-29-14-4-5-15-6-8-16(9-7-15)19(26)22-17(10-11-18(25)23-28)20(27)21-12-2-3-13-24/h6-9,17,24,28H,2-3,10-14H2,1H3,(H,21,27)(H,22,26)(H,23,25)/t17-/m0/s1. The Labute approximate surface area is 169 Å². The van der Waals surface area contributed by atoms with E-state index in [0.717, 1.165) is 5.56 Å². The molecule has 5 N–H and O–H groups in total. The van der Waals surface area contributed by atoms with Crippen molar-refractivity contribution in [1.29, 1.82) is 0 Å². The zero-order chi connectivity index (χ0) is 21.5. The molecule has 0 unspecified atom stereocenters. The van der Waals surface area contributed by atoms with Crippen LogP contribution in [0, 0.1) is 11.8 Å².